The molecule has 0 atom stereocenters. The molecule has 11 heavy (non-hydrogen) atoms. The summed E-state index contributed by atoms with van der Waals surface area (Å²) in [6, 6.07) is 0. The van der Waals surface area contributed by atoms with Crippen LogP contribution in [0.4, 0.5) is 0 Å². The van der Waals surface area contributed by atoms with Gasteiger partial charge in [-0.2, -0.15) is 10.5 Å². The van der Waals surface area contributed by atoms with Gasteiger partial charge in [-0.3, -0.25) is 0 Å². The third kappa shape index (κ3) is 1.44. The zero-order valence-corrected chi connectivity index (χ0v) is 7.89. The minimum absolute atomic E-state index is 0.130. The lowest BCUT2D eigenvalue weighted by Gasteiger charge is -2.18. The zero-order chi connectivity index (χ0) is 8.65. The average molecular weight is 151 g/mol. The lowest BCUT2D eigenvalue weighted by Crippen LogP contribution is -2.19. The Kier molecular flexibility index (Phi) is 1.78. The van der Waals surface area contributed by atoms with Gasteiger partial charge in [-0.25, -0.2) is 0 Å². The number of nitrogens with zero attached hydrogens (tertiary/aromatic N) is 2. The number of hydrogen-bond acceptors (Lipinski definition) is 1. The molecule has 1 rings (SSSR count). The molecule has 0 aliphatic carbocycles. The molecule has 1 aliphatic rings. The summed E-state index contributed by atoms with van der Waals surface area (Å²) in [4.78, 5) is 0. The normalized spacial score (nSPS) is 18.5. The molecule has 0 aromatic carbocycles. The van der Waals surface area contributed by atoms with Gasteiger partial charge in [-0.15, -0.1) is 0 Å². The standard InChI is InChI=1S/C9H15N2/c1-6-7(2)10-11-8(6)9(3,4)5/h1-5H3. The second kappa shape index (κ2) is 2.36. The highest BCUT2D eigenvalue weighted by molar-refractivity contribution is 6.04. The smallest absolute Gasteiger partial charge is 0.0731 e. The highest BCUT2D eigenvalue weighted by Crippen LogP contribution is 2.26. The first-order chi connectivity index (χ1) is 4.93. The molecule has 2 nitrogen and oxygen atoms in total. The lowest BCUT2D eigenvalue weighted by molar-refractivity contribution is 0.589. The van der Waals surface area contributed by atoms with E-state index in [1.807, 2.05) is 6.92 Å². The van der Waals surface area contributed by atoms with Crippen LogP contribution in [0.1, 0.15) is 34.6 Å². The Hall–Kier alpha value is -0.790. The molecule has 1 aliphatic heterocycles. The molecule has 2 heteroatoms. The molecule has 0 aromatic heterocycles. The highest BCUT2D eigenvalue weighted by Gasteiger charge is 2.25. The Morgan fingerprint density at radius 3 is 1.82 bits per heavy atom. The summed E-state index contributed by atoms with van der Waals surface area (Å²) in [5.74, 6) is 0. The van der Waals surface area contributed by atoms with E-state index in [0.717, 1.165) is 11.4 Å². The van der Waals surface area contributed by atoms with Gasteiger partial charge in [0.15, 0.2) is 0 Å². The van der Waals surface area contributed by atoms with Gasteiger partial charge in [0.2, 0.25) is 0 Å². The minimum atomic E-state index is 0.130. The average Bonchev–Trinajstić information content (AvgIpc) is 2.11. The van der Waals surface area contributed by atoms with Crippen molar-refractivity contribution in [3.63, 3.8) is 0 Å². The predicted octanol–water partition coefficient (Wildman–Crippen LogP) is 2.30. The molecule has 0 saturated carbocycles. The fourth-order valence-corrected chi connectivity index (χ4v) is 1.16. The SMILES string of the molecule is CC1=C(C)C(C(C)(C)C)=N[N]1. The molecule has 0 aromatic rings. The van der Waals surface area contributed by atoms with Crippen LogP contribution in [0, 0.1) is 5.41 Å². The maximum absolute atomic E-state index is 4.14. The first-order valence-corrected chi connectivity index (χ1v) is 3.90. The number of allylic oxidation sites excluding steroid dienone is 2. The third-order valence-electron chi connectivity index (χ3n) is 1.91. The van der Waals surface area contributed by atoms with Crippen molar-refractivity contribution < 1.29 is 0 Å². The highest BCUT2D eigenvalue weighted by atomic mass is 15.3. The van der Waals surface area contributed by atoms with Crippen LogP contribution in [-0.4, -0.2) is 5.71 Å². The van der Waals surface area contributed by atoms with Crippen molar-refractivity contribution >= 4 is 5.71 Å². The van der Waals surface area contributed by atoms with Gasteiger partial charge >= 0.3 is 0 Å². The Morgan fingerprint density at radius 2 is 1.64 bits per heavy atom. The van der Waals surface area contributed by atoms with E-state index in [0.29, 0.717) is 0 Å². The predicted molar refractivity (Wildman–Crippen MR) is 47.4 cm³/mol. The van der Waals surface area contributed by atoms with Gasteiger partial charge in [0.1, 0.15) is 0 Å². The number of rotatable bonds is 0. The summed E-state index contributed by atoms with van der Waals surface area (Å²) in [5, 5.41) is 4.14. The molecule has 1 heterocycles. The van der Waals surface area contributed by atoms with Crippen molar-refractivity contribution in [3.05, 3.63) is 11.3 Å². The minimum Gasteiger partial charge on any atom is -0.155 e. The van der Waals surface area contributed by atoms with Crippen LogP contribution in [0.5, 0.6) is 0 Å². The van der Waals surface area contributed by atoms with Gasteiger partial charge in [-0.1, -0.05) is 20.8 Å². The van der Waals surface area contributed by atoms with Crippen molar-refractivity contribution in [3.8, 4) is 0 Å². The Bertz CT molecular complexity index is 228. The lowest BCUT2D eigenvalue weighted by atomic mass is 9.86. The van der Waals surface area contributed by atoms with Gasteiger partial charge in [0.05, 0.1) is 11.4 Å². The van der Waals surface area contributed by atoms with E-state index >= 15 is 0 Å². The molecule has 0 unspecified atom stereocenters. The summed E-state index contributed by atoms with van der Waals surface area (Å²) >= 11 is 0. The maximum Gasteiger partial charge on any atom is 0.0731 e. The van der Waals surface area contributed by atoms with E-state index in [1.54, 1.807) is 0 Å². The van der Waals surface area contributed by atoms with Crippen LogP contribution in [-0.2, 0) is 0 Å². The molecule has 0 bridgehead atoms. The van der Waals surface area contributed by atoms with Gasteiger partial charge in [-0.05, 0) is 19.4 Å². The fraction of sp³-hybridized carbons (Fsp3) is 0.667. The van der Waals surface area contributed by atoms with Crippen LogP contribution in [0.25, 0.3) is 0 Å². The molecule has 0 fully saturated rings. The summed E-state index contributed by atoms with van der Waals surface area (Å²) in [6.07, 6.45) is 0. The topological polar surface area (TPSA) is 26.5 Å². The quantitative estimate of drug-likeness (QED) is 0.508. The van der Waals surface area contributed by atoms with Crippen molar-refractivity contribution in [2.24, 2.45) is 10.5 Å². The fourth-order valence-electron chi connectivity index (χ4n) is 1.16. The van der Waals surface area contributed by atoms with E-state index in [4.69, 9.17) is 0 Å². The van der Waals surface area contributed by atoms with Crippen molar-refractivity contribution in [2.75, 3.05) is 0 Å². The zero-order valence-electron chi connectivity index (χ0n) is 7.89. The Morgan fingerprint density at radius 1 is 1.09 bits per heavy atom. The van der Waals surface area contributed by atoms with Gasteiger partial charge in [0, 0.05) is 5.41 Å². The van der Waals surface area contributed by atoms with Crippen molar-refractivity contribution in [1.29, 1.82) is 0 Å². The second-order valence-corrected chi connectivity index (χ2v) is 4.01. The summed E-state index contributed by atoms with van der Waals surface area (Å²) < 4.78 is 0. The monoisotopic (exact) mass is 151 g/mol. The summed E-state index contributed by atoms with van der Waals surface area (Å²) in [6.45, 7) is 10.5. The van der Waals surface area contributed by atoms with Crippen molar-refractivity contribution in [1.82, 2.24) is 5.43 Å². The van der Waals surface area contributed by atoms with E-state index in [-0.39, 0.29) is 5.41 Å². The van der Waals surface area contributed by atoms with E-state index < -0.39 is 0 Å². The molecule has 61 valence electrons. The van der Waals surface area contributed by atoms with E-state index in [1.165, 1.54) is 5.57 Å². The molecular weight excluding hydrogens is 136 g/mol. The van der Waals surface area contributed by atoms with Crippen LogP contribution < -0.4 is 5.43 Å². The first-order valence-electron chi connectivity index (χ1n) is 3.90. The van der Waals surface area contributed by atoms with Gasteiger partial charge < -0.3 is 0 Å². The first kappa shape index (κ1) is 8.31. The molecule has 0 saturated heterocycles. The molecule has 0 amide bonds. The molecule has 0 spiro atoms. The van der Waals surface area contributed by atoms with E-state index in [9.17, 15) is 0 Å². The van der Waals surface area contributed by atoms with Gasteiger partial charge in [0.25, 0.3) is 0 Å². The maximum atomic E-state index is 4.14. The van der Waals surface area contributed by atoms with E-state index in [2.05, 4.69) is 38.2 Å². The third-order valence-corrected chi connectivity index (χ3v) is 1.91. The Balaban J connectivity index is 2.94. The van der Waals surface area contributed by atoms with Crippen LogP contribution in [0.3, 0.4) is 0 Å². The molecule has 0 N–H and O–H groups in total. The van der Waals surface area contributed by atoms with Crippen molar-refractivity contribution in [2.45, 2.75) is 34.6 Å². The second-order valence-electron chi connectivity index (χ2n) is 4.01. The summed E-state index contributed by atoms with van der Waals surface area (Å²) in [5.41, 5.74) is 7.57. The van der Waals surface area contributed by atoms with Crippen LogP contribution >= 0.6 is 0 Å². The molecule has 1 radical (unpaired) electrons. The van der Waals surface area contributed by atoms with Crippen LogP contribution in [0.2, 0.25) is 0 Å². The van der Waals surface area contributed by atoms with Crippen LogP contribution in [0.15, 0.2) is 16.4 Å². The Labute approximate surface area is 68.4 Å². The largest absolute Gasteiger partial charge is 0.155 e. The number of hydrogen-bond donors (Lipinski definition) is 0. The molecular formula is C9H15N2. The summed E-state index contributed by atoms with van der Waals surface area (Å²) in [7, 11) is 0.